The van der Waals surface area contributed by atoms with Gasteiger partial charge in [0, 0.05) is 13.1 Å². The van der Waals surface area contributed by atoms with Gasteiger partial charge in [-0.05, 0) is 24.9 Å². The van der Waals surface area contributed by atoms with Crippen LogP contribution in [0.3, 0.4) is 0 Å². The zero-order chi connectivity index (χ0) is 16.6. The highest BCUT2D eigenvalue weighted by Crippen LogP contribution is 2.04. The van der Waals surface area contributed by atoms with Crippen LogP contribution in [0.25, 0.3) is 0 Å². The minimum Gasteiger partial charge on any atom is -0.445 e. The van der Waals surface area contributed by atoms with Crippen LogP contribution in [0.1, 0.15) is 44.1 Å². The van der Waals surface area contributed by atoms with E-state index in [2.05, 4.69) is 17.2 Å². The van der Waals surface area contributed by atoms with Gasteiger partial charge in [0.15, 0.2) is 0 Å². The Morgan fingerprint density at radius 3 is 2.35 bits per heavy atom. The molecule has 0 aromatic heterocycles. The van der Waals surface area contributed by atoms with E-state index < -0.39 is 0 Å². The lowest BCUT2D eigenvalue weighted by molar-refractivity contribution is 0.139. The summed E-state index contributed by atoms with van der Waals surface area (Å²) in [5, 5.41) is 6.10. The minimum absolute atomic E-state index is 0.326. The fraction of sp³-hybridized carbons (Fsp3) is 0.526. The maximum Gasteiger partial charge on any atom is 0.407 e. The molecule has 0 heterocycles. The number of nitrogens with one attached hydrogen (secondary N) is 2. The molecule has 4 nitrogen and oxygen atoms in total. The summed E-state index contributed by atoms with van der Waals surface area (Å²) in [7, 11) is 0. The smallest absolute Gasteiger partial charge is 0.407 e. The molecule has 0 aliphatic rings. The molecule has 0 aliphatic heterocycles. The van der Waals surface area contributed by atoms with Crippen molar-refractivity contribution in [2.45, 2.75) is 45.1 Å². The second-order valence-electron chi connectivity index (χ2n) is 5.60. The Morgan fingerprint density at radius 2 is 1.65 bits per heavy atom. The van der Waals surface area contributed by atoms with E-state index in [0.717, 1.165) is 31.5 Å². The second-order valence-corrected chi connectivity index (χ2v) is 5.60. The molecule has 1 amide bonds. The monoisotopic (exact) mass is 318 g/mol. The predicted molar refractivity (Wildman–Crippen MR) is 95.4 cm³/mol. The third-order valence-corrected chi connectivity index (χ3v) is 3.55. The van der Waals surface area contributed by atoms with Crippen LogP contribution in [0, 0.1) is 0 Å². The molecule has 23 heavy (non-hydrogen) atoms. The van der Waals surface area contributed by atoms with Gasteiger partial charge in [-0.25, -0.2) is 4.79 Å². The van der Waals surface area contributed by atoms with Gasteiger partial charge in [0.1, 0.15) is 6.61 Å². The van der Waals surface area contributed by atoms with Crippen molar-refractivity contribution in [3.63, 3.8) is 0 Å². The largest absolute Gasteiger partial charge is 0.445 e. The quantitative estimate of drug-likeness (QED) is 0.426. The number of hydrogen-bond donors (Lipinski definition) is 2. The third kappa shape index (κ3) is 11.4. The first kappa shape index (κ1) is 19.2. The van der Waals surface area contributed by atoms with E-state index in [1.165, 1.54) is 25.7 Å². The summed E-state index contributed by atoms with van der Waals surface area (Å²) in [4.78, 5) is 11.5. The van der Waals surface area contributed by atoms with Crippen molar-refractivity contribution in [3.8, 4) is 0 Å². The standard InChI is InChI=1S/C19H30N2O2/c1-2-14-20-15-10-5-3-4-6-11-16-21-19(22)23-17-18-12-8-7-9-13-18/h2,7-9,12-13,20H,1,3-6,10-11,14-17H2,(H,21,22). The number of ether oxygens (including phenoxy) is 1. The highest BCUT2D eigenvalue weighted by Gasteiger charge is 2.01. The Bertz CT molecular complexity index is 421. The molecule has 0 atom stereocenters. The van der Waals surface area contributed by atoms with E-state index in [1.54, 1.807) is 0 Å². The average molecular weight is 318 g/mol. The number of rotatable bonds is 13. The first-order chi connectivity index (χ1) is 11.3. The van der Waals surface area contributed by atoms with Crippen molar-refractivity contribution in [2.24, 2.45) is 0 Å². The van der Waals surface area contributed by atoms with Gasteiger partial charge < -0.3 is 15.4 Å². The molecule has 1 rings (SSSR count). The molecule has 0 bridgehead atoms. The molecule has 2 N–H and O–H groups in total. The molecule has 1 aromatic rings. The van der Waals surface area contributed by atoms with Gasteiger partial charge in [-0.1, -0.05) is 62.1 Å². The van der Waals surface area contributed by atoms with Crippen molar-refractivity contribution in [2.75, 3.05) is 19.6 Å². The van der Waals surface area contributed by atoms with Crippen molar-refractivity contribution in [1.82, 2.24) is 10.6 Å². The van der Waals surface area contributed by atoms with Crippen LogP contribution < -0.4 is 10.6 Å². The van der Waals surface area contributed by atoms with Gasteiger partial charge in [0.05, 0.1) is 0 Å². The van der Waals surface area contributed by atoms with Gasteiger partial charge in [-0.3, -0.25) is 0 Å². The maximum absolute atomic E-state index is 11.5. The van der Waals surface area contributed by atoms with E-state index in [9.17, 15) is 4.79 Å². The summed E-state index contributed by atoms with van der Waals surface area (Å²) in [6.45, 7) is 6.65. The van der Waals surface area contributed by atoms with Crippen molar-refractivity contribution >= 4 is 6.09 Å². The van der Waals surface area contributed by atoms with Gasteiger partial charge in [-0.2, -0.15) is 0 Å². The van der Waals surface area contributed by atoms with E-state index in [-0.39, 0.29) is 6.09 Å². The third-order valence-electron chi connectivity index (χ3n) is 3.55. The molecule has 0 radical (unpaired) electrons. The van der Waals surface area contributed by atoms with Crippen LogP contribution >= 0.6 is 0 Å². The lowest BCUT2D eigenvalue weighted by atomic mass is 10.1. The van der Waals surface area contributed by atoms with Crippen molar-refractivity contribution in [3.05, 3.63) is 48.6 Å². The van der Waals surface area contributed by atoms with Crippen molar-refractivity contribution in [1.29, 1.82) is 0 Å². The molecule has 0 saturated carbocycles. The Morgan fingerprint density at radius 1 is 1.00 bits per heavy atom. The van der Waals surface area contributed by atoms with Gasteiger partial charge in [0.25, 0.3) is 0 Å². The molecule has 0 spiro atoms. The lowest BCUT2D eigenvalue weighted by Gasteiger charge is -2.07. The Kier molecular flexibility index (Phi) is 11.6. The fourth-order valence-electron chi connectivity index (χ4n) is 2.25. The van der Waals surface area contributed by atoms with Crippen molar-refractivity contribution < 1.29 is 9.53 Å². The average Bonchev–Trinajstić information content (AvgIpc) is 2.59. The van der Waals surface area contributed by atoms with E-state index in [4.69, 9.17) is 4.74 Å². The summed E-state index contributed by atoms with van der Waals surface area (Å²) in [6.07, 6.45) is 8.68. The van der Waals surface area contributed by atoms with Crippen LogP contribution in [0.2, 0.25) is 0 Å². The molecule has 128 valence electrons. The van der Waals surface area contributed by atoms with Crippen LogP contribution in [-0.2, 0) is 11.3 Å². The molecule has 1 aromatic carbocycles. The number of unbranched alkanes of at least 4 members (excludes halogenated alkanes) is 5. The molecular weight excluding hydrogens is 288 g/mol. The van der Waals surface area contributed by atoms with Gasteiger partial charge >= 0.3 is 6.09 Å². The Hall–Kier alpha value is -1.81. The Balaban J connectivity index is 1.85. The molecule has 0 saturated heterocycles. The number of carbonyl (C=O) groups excluding carboxylic acids is 1. The topological polar surface area (TPSA) is 50.4 Å². The van der Waals surface area contributed by atoms with Crippen LogP contribution in [-0.4, -0.2) is 25.7 Å². The van der Waals surface area contributed by atoms with E-state index in [0.29, 0.717) is 13.2 Å². The molecule has 4 heteroatoms. The normalized spacial score (nSPS) is 10.3. The fourth-order valence-corrected chi connectivity index (χ4v) is 2.25. The number of hydrogen-bond acceptors (Lipinski definition) is 3. The highest BCUT2D eigenvalue weighted by molar-refractivity contribution is 5.67. The SMILES string of the molecule is C=CCNCCCCCCCCNC(=O)OCc1ccccc1. The second kappa shape index (κ2) is 13.8. The number of benzene rings is 1. The van der Waals surface area contributed by atoms with Crippen LogP contribution in [0.15, 0.2) is 43.0 Å². The summed E-state index contributed by atoms with van der Waals surface area (Å²) in [6, 6.07) is 9.71. The first-order valence-corrected chi connectivity index (χ1v) is 8.59. The molecule has 0 aliphatic carbocycles. The summed E-state index contributed by atoms with van der Waals surface area (Å²) < 4.78 is 5.16. The minimum atomic E-state index is -0.331. The zero-order valence-corrected chi connectivity index (χ0v) is 14.1. The summed E-state index contributed by atoms with van der Waals surface area (Å²) in [5.74, 6) is 0. The molecule has 0 unspecified atom stereocenters. The first-order valence-electron chi connectivity index (χ1n) is 8.59. The number of alkyl carbamates (subject to hydrolysis) is 1. The van der Waals surface area contributed by atoms with Gasteiger partial charge in [0.2, 0.25) is 0 Å². The zero-order valence-electron chi connectivity index (χ0n) is 14.1. The molecular formula is C19H30N2O2. The van der Waals surface area contributed by atoms with Crippen LogP contribution in [0.4, 0.5) is 4.79 Å². The predicted octanol–water partition coefficient (Wildman–Crippen LogP) is 4.03. The summed E-state index contributed by atoms with van der Waals surface area (Å²) in [5.41, 5.74) is 1.00. The number of amides is 1. The van der Waals surface area contributed by atoms with Gasteiger partial charge in [-0.15, -0.1) is 6.58 Å². The van der Waals surface area contributed by atoms with Crippen LogP contribution in [0.5, 0.6) is 0 Å². The van der Waals surface area contributed by atoms with E-state index >= 15 is 0 Å². The maximum atomic E-state index is 11.5. The van der Waals surface area contributed by atoms with E-state index in [1.807, 2.05) is 36.4 Å². The Labute approximate surface area is 140 Å². The highest BCUT2D eigenvalue weighted by atomic mass is 16.5. The lowest BCUT2D eigenvalue weighted by Crippen LogP contribution is -2.25. The number of carbonyl (C=O) groups is 1. The molecule has 0 fully saturated rings. The summed E-state index contributed by atoms with van der Waals surface area (Å²) >= 11 is 0.